The van der Waals surface area contributed by atoms with Crippen LogP contribution in [-0.4, -0.2) is 28.6 Å². The van der Waals surface area contributed by atoms with E-state index >= 15 is 0 Å². The maximum atomic E-state index is 11.7. The van der Waals surface area contributed by atoms with E-state index in [4.69, 9.17) is 14.6 Å². The van der Waals surface area contributed by atoms with Crippen molar-refractivity contribution in [3.8, 4) is 5.75 Å². The van der Waals surface area contributed by atoms with Gasteiger partial charge in [0.05, 0.1) is 25.5 Å². The first-order valence-electron chi connectivity index (χ1n) is 8.12. The highest BCUT2D eigenvalue weighted by Crippen LogP contribution is 2.40. The summed E-state index contributed by atoms with van der Waals surface area (Å²) in [5.74, 6) is 0.372. The van der Waals surface area contributed by atoms with Crippen LogP contribution in [0.3, 0.4) is 0 Å². The number of methoxy groups -OCH3 is 2. The number of nitrogens with two attached hydrogens (primary N) is 1. The van der Waals surface area contributed by atoms with Crippen LogP contribution in [0.1, 0.15) is 23.1 Å². The predicted molar refractivity (Wildman–Crippen MR) is 103 cm³/mol. The molecule has 1 aliphatic carbocycles. The Hall–Kier alpha value is -2.90. The number of hydrogen-bond acceptors (Lipinski definition) is 5. The topological polar surface area (TPSA) is 95.7 Å². The van der Waals surface area contributed by atoms with Crippen molar-refractivity contribution in [3.05, 3.63) is 65.2 Å². The largest absolute Gasteiger partial charge is 0.497 e. The molecule has 0 aliphatic heterocycles. The van der Waals surface area contributed by atoms with Crippen molar-refractivity contribution in [1.82, 2.24) is 0 Å². The van der Waals surface area contributed by atoms with Gasteiger partial charge in [-0.2, -0.15) is 0 Å². The average Bonchev–Trinajstić information content (AvgIpc) is 2.97. The third-order valence-corrected chi connectivity index (χ3v) is 5.24. The first-order valence-corrected chi connectivity index (χ1v) is 9.67. The van der Waals surface area contributed by atoms with Gasteiger partial charge in [-0.1, -0.05) is 18.2 Å². The van der Waals surface area contributed by atoms with Gasteiger partial charge in [0.2, 0.25) is 10.0 Å². The third kappa shape index (κ3) is 4.10. The fourth-order valence-corrected chi connectivity index (χ4v) is 3.45. The molecule has 2 aromatic rings. The van der Waals surface area contributed by atoms with Crippen molar-refractivity contribution in [2.24, 2.45) is 5.14 Å². The minimum Gasteiger partial charge on any atom is -0.497 e. The summed E-state index contributed by atoms with van der Waals surface area (Å²) in [6.45, 7) is 0. The van der Waals surface area contributed by atoms with E-state index in [0.717, 1.165) is 27.8 Å². The van der Waals surface area contributed by atoms with Gasteiger partial charge >= 0.3 is 5.97 Å². The van der Waals surface area contributed by atoms with Crippen LogP contribution >= 0.6 is 0 Å². The summed E-state index contributed by atoms with van der Waals surface area (Å²) in [4.78, 5) is 11.8. The molecule has 6 nitrogen and oxygen atoms in total. The molecule has 0 saturated heterocycles. The summed E-state index contributed by atoms with van der Waals surface area (Å²) in [5.41, 5.74) is 4.44. The molecule has 0 aromatic heterocycles. The molecule has 140 valence electrons. The second-order valence-corrected chi connectivity index (χ2v) is 7.61. The number of sulfonamides is 1. The highest BCUT2D eigenvalue weighted by Gasteiger charge is 2.21. The molecule has 0 atom stereocenters. The van der Waals surface area contributed by atoms with Crippen LogP contribution in [-0.2, 0) is 19.6 Å². The lowest BCUT2D eigenvalue weighted by Crippen LogP contribution is -2.11. The zero-order chi connectivity index (χ0) is 19.6. The zero-order valence-electron chi connectivity index (χ0n) is 14.9. The lowest BCUT2D eigenvalue weighted by molar-refractivity contribution is -0.139. The van der Waals surface area contributed by atoms with E-state index in [-0.39, 0.29) is 17.3 Å². The Morgan fingerprint density at radius 2 is 1.78 bits per heavy atom. The zero-order valence-corrected chi connectivity index (χ0v) is 15.7. The maximum absolute atomic E-state index is 11.7. The van der Waals surface area contributed by atoms with Crippen molar-refractivity contribution in [2.75, 3.05) is 14.2 Å². The van der Waals surface area contributed by atoms with Crippen LogP contribution in [0.15, 0.2) is 53.4 Å². The van der Waals surface area contributed by atoms with Gasteiger partial charge in [0.1, 0.15) is 5.75 Å². The van der Waals surface area contributed by atoms with Gasteiger partial charge in [-0.3, -0.25) is 4.79 Å². The number of carbonyl (C=O) groups is 1. The molecule has 2 N–H and O–H groups in total. The number of primary sulfonamides is 1. The Balaban J connectivity index is 2.02. The third-order valence-electron chi connectivity index (χ3n) is 4.31. The molecule has 0 fully saturated rings. The second-order valence-electron chi connectivity index (χ2n) is 6.05. The van der Waals surface area contributed by atoms with Gasteiger partial charge in [0, 0.05) is 0 Å². The van der Waals surface area contributed by atoms with Crippen LogP contribution in [0.4, 0.5) is 0 Å². The highest BCUT2D eigenvalue weighted by atomic mass is 32.2. The maximum Gasteiger partial charge on any atom is 0.310 e. The van der Waals surface area contributed by atoms with Crippen LogP contribution in [0.5, 0.6) is 5.75 Å². The molecular weight excluding hydrogens is 366 g/mol. The number of ether oxygens (including phenoxy) is 2. The van der Waals surface area contributed by atoms with Gasteiger partial charge in [0.15, 0.2) is 0 Å². The number of rotatable bonds is 5. The lowest BCUT2D eigenvalue weighted by Gasteiger charge is -2.08. The lowest BCUT2D eigenvalue weighted by atomic mass is 10.0. The van der Waals surface area contributed by atoms with E-state index in [1.807, 2.05) is 30.4 Å². The number of benzene rings is 2. The fraction of sp³-hybridized carbons (Fsp3) is 0.150. The van der Waals surface area contributed by atoms with E-state index in [9.17, 15) is 13.2 Å². The van der Waals surface area contributed by atoms with Crippen molar-refractivity contribution in [3.63, 3.8) is 0 Å². The van der Waals surface area contributed by atoms with Crippen LogP contribution in [0.2, 0.25) is 0 Å². The summed E-state index contributed by atoms with van der Waals surface area (Å²) in [6, 6.07) is 12.0. The molecule has 1 aliphatic rings. The second kappa shape index (κ2) is 7.38. The minimum atomic E-state index is -3.73. The molecule has 0 heterocycles. The molecule has 27 heavy (non-hydrogen) atoms. The molecule has 3 rings (SSSR count). The minimum absolute atomic E-state index is 0.0585. The van der Waals surface area contributed by atoms with E-state index < -0.39 is 10.0 Å². The van der Waals surface area contributed by atoms with Crippen LogP contribution in [0, 0.1) is 0 Å². The average molecular weight is 385 g/mol. The van der Waals surface area contributed by atoms with Crippen molar-refractivity contribution in [1.29, 1.82) is 0 Å². The molecule has 2 aromatic carbocycles. The number of fused-ring (bicyclic) bond motifs is 1. The van der Waals surface area contributed by atoms with Gasteiger partial charge in [-0.15, -0.1) is 0 Å². The van der Waals surface area contributed by atoms with Crippen molar-refractivity contribution >= 4 is 33.2 Å². The predicted octanol–water partition coefficient (Wildman–Crippen LogP) is 2.84. The summed E-state index contributed by atoms with van der Waals surface area (Å²) >= 11 is 0. The van der Waals surface area contributed by atoms with E-state index in [2.05, 4.69) is 0 Å². The van der Waals surface area contributed by atoms with Gasteiger partial charge in [0.25, 0.3) is 0 Å². The number of esters is 1. The molecular formula is C20H19NO5S. The molecule has 0 radical (unpaired) electrons. The van der Waals surface area contributed by atoms with E-state index in [1.54, 1.807) is 19.2 Å². The van der Waals surface area contributed by atoms with Crippen molar-refractivity contribution in [2.45, 2.75) is 11.3 Å². The standard InChI is InChI=1S/C20H19NO5S/c1-25-16-5-8-18-14(10-15(19(18)12-16)11-20(22)26-2)9-13-3-6-17(7-4-13)27(21,23)24/h3-10,12H,11H2,1-2H3,(H2,21,23,24). The van der Waals surface area contributed by atoms with E-state index in [1.165, 1.54) is 19.2 Å². The van der Waals surface area contributed by atoms with Crippen LogP contribution < -0.4 is 9.88 Å². The first kappa shape index (κ1) is 18.9. The smallest absolute Gasteiger partial charge is 0.310 e. The molecule has 0 spiro atoms. The molecule has 0 unspecified atom stereocenters. The summed E-state index contributed by atoms with van der Waals surface area (Å²) in [7, 11) is -0.784. The Bertz CT molecular complexity index is 1050. The Kier molecular flexibility index (Phi) is 5.16. The number of hydrogen-bond donors (Lipinski definition) is 1. The van der Waals surface area contributed by atoms with Crippen LogP contribution in [0.25, 0.3) is 17.2 Å². The molecule has 0 bridgehead atoms. The quantitative estimate of drug-likeness (QED) is 0.799. The van der Waals surface area contributed by atoms with Gasteiger partial charge in [-0.05, 0) is 64.3 Å². The van der Waals surface area contributed by atoms with Gasteiger partial charge < -0.3 is 9.47 Å². The Labute approximate surface area is 158 Å². The monoisotopic (exact) mass is 385 g/mol. The van der Waals surface area contributed by atoms with E-state index in [0.29, 0.717) is 5.75 Å². The number of carbonyl (C=O) groups excluding carboxylic acids is 1. The fourth-order valence-electron chi connectivity index (χ4n) is 2.94. The molecule has 7 heteroatoms. The summed E-state index contributed by atoms with van der Waals surface area (Å²) < 4.78 is 32.8. The molecule has 0 amide bonds. The Morgan fingerprint density at radius 3 is 2.37 bits per heavy atom. The summed E-state index contributed by atoms with van der Waals surface area (Å²) in [5, 5.41) is 5.13. The normalized spacial score (nSPS) is 14.6. The van der Waals surface area contributed by atoms with Crippen molar-refractivity contribution < 1.29 is 22.7 Å². The SMILES string of the molecule is COC(=O)CC1=CC(=Cc2ccc(S(N)(=O)=O)cc2)c2ccc(OC)cc21. The first-order chi connectivity index (χ1) is 12.8. The highest BCUT2D eigenvalue weighted by molar-refractivity contribution is 7.89. The summed E-state index contributed by atoms with van der Waals surface area (Å²) in [6.07, 6.45) is 4.00. The molecule has 0 saturated carbocycles. The number of allylic oxidation sites excluding steroid dienone is 2. The Morgan fingerprint density at radius 1 is 1.07 bits per heavy atom. The van der Waals surface area contributed by atoms with Gasteiger partial charge in [-0.25, -0.2) is 13.6 Å².